The average Bonchev–Trinajstić information content (AvgIpc) is 3.00. The molecule has 1 aliphatic heterocycles. The molecule has 0 saturated carbocycles. The van der Waals surface area contributed by atoms with Gasteiger partial charge in [-0.2, -0.15) is 5.10 Å². The Labute approximate surface area is 149 Å². The number of aromatic nitrogens is 4. The first-order valence-electron chi connectivity index (χ1n) is 8.59. The number of nitrogens with zero attached hydrogens (tertiary/aromatic N) is 5. The van der Waals surface area contributed by atoms with E-state index in [0.29, 0.717) is 19.8 Å². The van der Waals surface area contributed by atoms with E-state index >= 15 is 0 Å². The van der Waals surface area contributed by atoms with E-state index in [1.54, 1.807) is 7.11 Å². The summed E-state index contributed by atoms with van der Waals surface area (Å²) in [6.45, 7) is 8.94. The molecule has 1 unspecified atom stereocenters. The van der Waals surface area contributed by atoms with Crippen molar-refractivity contribution in [2.75, 3.05) is 31.8 Å². The van der Waals surface area contributed by atoms with Gasteiger partial charge in [-0.05, 0) is 0 Å². The fourth-order valence-corrected chi connectivity index (χ4v) is 2.95. The van der Waals surface area contributed by atoms with Gasteiger partial charge in [0, 0.05) is 43.9 Å². The van der Waals surface area contributed by atoms with Crippen molar-refractivity contribution in [1.82, 2.24) is 19.7 Å². The van der Waals surface area contributed by atoms with Gasteiger partial charge in [0.1, 0.15) is 11.6 Å². The summed E-state index contributed by atoms with van der Waals surface area (Å²) < 4.78 is 12.9. The topological polar surface area (TPSA) is 65.3 Å². The predicted molar refractivity (Wildman–Crippen MR) is 95.6 cm³/mol. The summed E-state index contributed by atoms with van der Waals surface area (Å²) in [6, 6.07) is 2.12. The van der Waals surface area contributed by atoms with Crippen molar-refractivity contribution >= 4 is 5.82 Å². The summed E-state index contributed by atoms with van der Waals surface area (Å²) in [4.78, 5) is 11.8. The zero-order chi connectivity index (χ0) is 18.0. The highest BCUT2D eigenvalue weighted by molar-refractivity contribution is 5.44. The molecule has 136 valence electrons. The van der Waals surface area contributed by atoms with E-state index in [2.05, 4.69) is 35.8 Å². The van der Waals surface area contributed by atoms with Gasteiger partial charge in [-0.3, -0.25) is 4.68 Å². The Balaban J connectivity index is 2.01. The Kier molecular flexibility index (Phi) is 5.06. The molecule has 0 spiro atoms. The molecule has 3 rings (SSSR count). The van der Waals surface area contributed by atoms with E-state index in [0.717, 1.165) is 29.4 Å². The average molecular weight is 345 g/mol. The van der Waals surface area contributed by atoms with Crippen LogP contribution < -0.4 is 4.90 Å². The minimum Gasteiger partial charge on any atom is -0.378 e. The fraction of sp³-hybridized carbons (Fsp3) is 0.611. The van der Waals surface area contributed by atoms with Crippen LogP contribution in [0.15, 0.2) is 18.5 Å². The standard InChI is InChI=1S/C18H27N5O2/c1-18(2,3)17-20-14(11-24-5)8-16(21-17)23-6-7-25-12-15(23)13-9-19-22(4)10-13/h8-10,15H,6-7,11-12H2,1-5H3. The third-order valence-electron chi connectivity index (χ3n) is 4.26. The summed E-state index contributed by atoms with van der Waals surface area (Å²) in [5, 5.41) is 4.31. The largest absolute Gasteiger partial charge is 0.378 e. The maximum atomic E-state index is 5.73. The third-order valence-corrected chi connectivity index (χ3v) is 4.26. The number of hydrogen-bond acceptors (Lipinski definition) is 6. The molecule has 0 N–H and O–H groups in total. The lowest BCUT2D eigenvalue weighted by atomic mass is 9.95. The summed E-state index contributed by atoms with van der Waals surface area (Å²) in [5.74, 6) is 1.75. The van der Waals surface area contributed by atoms with Crippen molar-refractivity contribution in [3.05, 3.63) is 35.5 Å². The van der Waals surface area contributed by atoms with Crippen LogP contribution >= 0.6 is 0 Å². The molecule has 1 saturated heterocycles. The molecule has 2 aromatic heterocycles. The van der Waals surface area contributed by atoms with Gasteiger partial charge >= 0.3 is 0 Å². The molecule has 0 radical (unpaired) electrons. The molecule has 1 atom stereocenters. The highest BCUT2D eigenvalue weighted by Crippen LogP contribution is 2.30. The van der Waals surface area contributed by atoms with Gasteiger partial charge in [0.05, 0.1) is 37.8 Å². The first-order valence-corrected chi connectivity index (χ1v) is 8.59. The van der Waals surface area contributed by atoms with Crippen LogP contribution in [-0.4, -0.2) is 46.6 Å². The number of aryl methyl sites for hydroxylation is 1. The van der Waals surface area contributed by atoms with Crippen LogP contribution in [0, 0.1) is 0 Å². The van der Waals surface area contributed by atoms with Crippen LogP contribution in [0.3, 0.4) is 0 Å². The van der Waals surface area contributed by atoms with E-state index < -0.39 is 0 Å². The van der Waals surface area contributed by atoms with Gasteiger partial charge in [0.25, 0.3) is 0 Å². The van der Waals surface area contributed by atoms with Gasteiger partial charge in [0.15, 0.2) is 0 Å². The molecular weight excluding hydrogens is 318 g/mol. The smallest absolute Gasteiger partial charge is 0.136 e. The van der Waals surface area contributed by atoms with E-state index in [1.165, 1.54) is 0 Å². The Morgan fingerprint density at radius 2 is 2.12 bits per heavy atom. The highest BCUT2D eigenvalue weighted by Gasteiger charge is 2.29. The summed E-state index contributed by atoms with van der Waals surface area (Å²) in [5.41, 5.74) is 1.90. The van der Waals surface area contributed by atoms with Gasteiger partial charge in [-0.25, -0.2) is 9.97 Å². The summed E-state index contributed by atoms with van der Waals surface area (Å²) >= 11 is 0. The normalized spacial score (nSPS) is 18.6. The van der Waals surface area contributed by atoms with Crippen molar-refractivity contribution in [1.29, 1.82) is 0 Å². The fourth-order valence-electron chi connectivity index (χ4n) is 2.95. The van der Waals surface area contributed by atoms with Crippen LogP contribution in [0.1, 0.15) is 43.9 Å². The Bertz CT molecular complexity index is 722. The molecule has 25 heavy (non-hydrogen) atoms. The first kappa shape index (κ1) is 17.8. The number of hydrogen-bond donors (Lipinski definition) is 0. The van der Waals surface area contributed by atoms with E-state index in [-0.39, 0.29) is 11.5 Å². The molecule has 2 aromatic rings. The SMILES string of the molecule is COCc1cc(N2CCOCC2c2cnn(C)c2)nc(C(C)(C)C)n1. The number of rotatable bonds is 4. The van der Waals surface area contributed by atoms with E-state index in [4.69, 9.17) is 14.5 Å². The molecule has 0 aliphatic carbocycles. The van der Waals surface area contributed by atoms with Crippen LogP contribution in [0.2, 0.25) is 0 Å². The van der Waals surface area contributed by atoms with Crippen molar-refractivity contribution in [3.63, 3.8) is 0 Å². The predicted octanol–water partition coefficient (Wildman–Crippen LogP) is 2.23. The maximum Gasteiger partial charge on any atom is 0.136 e. The molecule has 7 heteroatoms. The van der Waals surface area contributed by atoms with Crippen molar-refractivity contribution in [3.8, 4) is 0 Å². The van der Waals surface area contributed by atoms with Crippen molar-refractivity contribution in [2.24, 2.45) is 7.05 Å². The Morgan fingerprint density at radius 3 is 2.76 bits per heavy atom. The highest BCUT2D eigenvalue weighted by atomic mass is 16.5. The summed E-state index contributed by atoms with van der Waals surface area (Å²) in [6.07, 6.45) is 3.93. The van der Waals surface area contributed by atoms with E-state index in [1.807, 2.05) is 30.2 Å². The number of ether oxygens (including phenoxy) is 2. The van der Waals surface area contributed by atoms with Gasteiger partial charge < -0.3 is 14.4 Å². The molecule has 1 fully saturated rings. The van der Waals surface area contributed by atoms with Gasteiger partial charge in [0.2, 0.25) is 0 Å². The van der Waals surface area contributed by atoms with E-state index in [9.17, 15) is 0 Å². The first-order chi connectivity index (χ1) is 11.9. The lowest BCUT2D eigenvalue weighted by molar-refractivity contribution is 0.0936. The monoisotopic (exact) mass is 345 g/mol. The molecule has 1 aliphatic rings. The number of methoxy groups -OCH3 is 1. The van der Waals surface area contributed by atoms with Gasteiger partial charge in [-0.15, -0.1) is 0 Å². The number of morpholine rings is 1. The van der Waals surface area contributed by atoms with Gasteiger partial charge in [-0.1, -0.05) is 20.8 Å². The second kappa shape index (κ2) is 7.09. The zero-order valence-electron chi connectivity index (χ0n) is 15.7. The quantitative estimate of drug-likeness (QED) is 0.847. The maximum absolute atomic E-state index is 5.73. The third kappa shape index (κ3) is 3.99. The zero-order valence-corrected chi connectivity index (χ0v) is 15.7. The van der Waals surface area contributed by atoms with Crippen LogP contribution in [0.4, 0.5) is 5.82 Å². The molecule has 0 aromatic carbocycles. The molecule has 3 heterocycles. The van der Waals surface area contributed by atoms with Crippen LogP contribution in [-0.2, 0) is 28.5 Å². The molecule has 0 amide bonds. The second-order valence-corrected chi connectivity index (χ2v) is 7.46. The Hall–Kier alpha value is -1.99. The van der Waals surface area contributed by atoms with Crippen LogP contribution in [0.25, 0.3) is 0 Å². The lowest BCUT2D eigenvalue weighted by Gasteiger charge is -2.36. The molecule has 0 bridgehead atoms. The van der Waals surface area contributed by atoms with Crippen molar-refractivity contribution < 1.29 is 9.47 Å². The van der Waals surface area contributed by atoms with Crippen LogP contribution in [0.5, 0.6) is 0 Å². The lowest BCUT2D eigenvalue weighted by Crippen LogP contribution is -2.40. The molecule has 7 nitrogen and oxygen atoms in total. The minimum atomic E-state index is -0.130. The summed E-state index contributed by atoms with van der Waals surface area (Å²) in [7, 11) is 3.61. The second-order valence-electron chi connectivity index (χ2n) is 7.46. The molecular formula is C18H27N5O2. The number of anilines is 1. The minimum absolute atomic E-state index is 0.0977. The van der Waals surface area contributed by atoms with Crippen molar-refractivity contribution in [2.45, 2.75) is 38.8 Å². The Morgan fingerprint density at radius 1 is 1.32 bits per heavy atom.